The van der Waals surface area contributed by atoms with Crippen molar-refractivity contribution >= 4 is 24.1 Å². The summed E-state index contributed by atoms with van der Waals surface area (Å²) in [5, 5.41) is 0. The summed E-state index contributed by atoms with van der Waals surface area (Å²) in [6.45, 7) is 1.96. The largest absolute Gasteiger partial charge is 0.462 e. The Morgan fingerprint density at radius 1 is 0.846 bits per heavy atom. The Balaban J connectivity index is 1.66. The smallest absolute Gasteiger partial charge is 0.331 e. The second-order valence-electron chi connectivity index (χ2n) is 5.69. The van der Waals surface area contributed by atoms with Crippen LogP contribution in [-0.2, 0) is 19.1 Å². The molecular weight excluding hydrogens is 328 g/mol. The number of carbonyl (C=O) groups excluding carboxylic acids is 2. The van der Waals surface area contributed by atoms with E-state index < -0.39 is 11.9 Å². The van der Waals surface area contributed by atoms with Crippen LogP contribution in [-0.4, -0.2) is 24.6 Å². The molecule has 0 amide bonds. The Morgan fingerprint density at radius 3 is 1.88 bits per heavy atom. The van der Waals surface area contributed by atoms with E-state index in [0.29, 0.717) is 6.42 Å². The van der Waals surface area contributed by atoms with Crippen molar-refractivity contribution in [2.75, 3.05) is 6.61 Å². The van der Waals surface area contributed by atoms with Crippen LogP contribution in [0, 0.1) is 0 Å². The molecule has 0 bridgehead atoms. The highest BCUT2D eigenvalue weighted by atomic mass is 16.6. The van der Waals surface area contributed by atoms with Gasteiger partial charge >= 0.3 is 11.9 Å². The van der Waals surface area contributed by atoms with Gasteiger partial charge in [0.05, 0.1) is 6.61 Å². The van der Waals surface area contributed by atoms with E-state index in [2.05, 4.69) is 0 Å². The fourth-order valence-corrected chi connectivity index (χ4v) is 2.13. The van der Waals surface area contributed by atoms with Crippen molar-refractivity contribution in [2.24, 2.45) is 0 Å². The van der Waals surface area contributed by atoms with Gasteiger partial charge in [0.1, 0.15) is 6.10 Å². The summed E-state index contributed by atoms with van der Waals surface area (Å²) in [6, 6.07) is 19.0. The van der Waals surface area contributed by atoms with Crippen molar-refractivity contribution < 1.29 is 19.1 Å². The lowest BCUT2D eigenvalue weighted by Crippen LogP contribution is -2.16. The van der Waals surface area contributed by atoms with Crippen LogP contribution in [0.1, 0.15) is 24.5 Å². The van der Waals surface area contributed by atoms with Crippen molar-refractivity contribution in [2.45, 2.75) is 19.4 Å². The first-order valence-corrected chi connectivity index (χ1v) is 8.47. The fraction of sp³-hybridized carbons (Fsp3) is 0.182. The van der Waals surface area contributed by atoms with Gasteiger partial charge in [-0.05, 0) is 30.2 Å². The highest BCUT2D eigenvalue weighted by Gasteiger charge is 2.08. The maximum absolute atomic E-state index is 11.8. The van der Waals surface area contributed by atoms with E-state index in [-0.39, 0.29) is 12.7 Å². The molecule has 0 heterocycles. The van der Waals surface area contributed by atoms with Crippen molar-refractivity contribution in [1.29, 1.82) is 0 Å². The van der Waals surface area contributed by atoms with Crippen LogP contribution in [0.4, 0.5) is 0 Å². The maximum atomic E-state index is 11.8. The molecule has 0 saturated carbocycles. The molecule has 1 unspecified atom stereocenters. The molecule has 4 heteroatoms. The van der Waals surface area contributed by atoms with Gasteiger partial charge in [0.2, 0.25) is 0 Å². The van der Waals surface area contributed by atoms with E-state index in [4.69, 9.17) is 9.47 Å². The maximum Gasteiger partial charge on any atom is 0.331 e. The Labute approximate surface area is 153 Å². The molecule has 0 N–H and O–H groups in total. The highest BCUT2D eigenvalue weighted by Crippen LogP contribution is 2.05. The van der Waals surface area contributed by atoms with Gasteiger partial charge in [-0.2, -0.15) is 0 Å². The lowest BCUT2D eigenvalue weighted by atomic mass is 10.2. The third kappa shape index (κ3) is 7.62. The summed E-state index contributed by atoms with van der Waals surface area (Å²) in [5.74, 6) is -0.840. The molecule has 0 aliphatic rings. The fourth-order valence-electron chi connectivity index (χ4n) is 2.13. The van der Waals surface area contributed by atoms with E-state index >= 15 is 0 Å². The predicted octanol–water partition coefficient (Wildman–Crippen LogP) is 4.28. The van der Waals surface area contributed by atoms with Crippen LogP contribution in [0.2, 0.25) is 0 Å². The molecule has 4 nitrogen and oxygen atoms in total. The van der Waals surface area contributed by atoms with E-state index in [0.717, 1.165) is 11.1 Å². The number of esters is 2. The Hall–Kier alpha value is -3.14. The minimum absolute atomic E-state index is 0.189. The van der Waals surface area contributed by atoms with Crippen LogP contribution in [0.5, 0.6) is 0 Å². The molecule has 1 atom stereocenters. The number of rotatable bonds is 8. The number of ether oxygens (including phenoxy) is 2. The predicted molar refractivity (Wildman–Crippen MR) is 102 cm³/mol. The molecule has 2 aromatic carbocycles. The van der Waals surface area contributed by atoms with Crippen LogP contribution < -0.4 is 0 Å². The molecule has 2 rings (SSSR count). The zero-order valence-electron chi connectivity index (χ0n) is 14.7. The standard InChI is InChI=1S/C22H22O4/c1-18(26-22(24)15-13-20-10-6-3-7-11-20)16-17-25-21(23)14-12-19-8-4-2-5-9-19/h2-15,18H,16-17H2,1H3/b14-12+,15-13+. The molecular formula is C22H22O4. The van der Waals surface area contributed by atoms with Crippen LogP contribution in [0.25, 0.3) is 12.2 Å². The van der Waals surface area contributed by atoms with Gasteiger partial charge in [0.15, 0.2) is 0 Å². The second kappa shape index (κ2) is 10.7. The first-order valence-electron chi connectivity index (χ1n) is 8.47. The van der Waals surface area contributed by atoms with Crippen LogP contribution in [0.15, 0.2) is 72.8 Å². The minimum atomic E-state index is -0.420. The highest BCUT2D eigenvalue weighted by molar-refractivity contribution is 5.87. The van der Waals surface area contributed by atoms with Gasteiger partial charge in [0.25, 0.3) is 0 Å². The topological polar surface area (TPSA) is 52.6 Å². The molecule has 0 aliphatic carbocycles. The van der Waals surface area contributed by atoms with Crippen molar-refractivity contribution in [3.8, 4) is 0 Å². The average Bonchev–Trinajstić information content (AvgIpc) is 2.66. The summed E-state index contributed by atoms with van der Waals surface area (Å²) in [5.41, 5.74) is 1.85. The molecule has 134 valence electrons. The summed E-state index contributed by atoms with van der Waals surface area (Å²) >= 11 is 0. The summed E-state index contributed by atoms with van der Waals surface area (Å²) in [7, 11) is 0. The van der Waals surface area contributed by atoms with Gasteiger partial charge in [-0.15, -0.1) is 0 Å². The third-order valence-electron chi connectivity index (χ3n) is 3.51. The molecule has 0 aromatic heterocycles. The van der Waals surface area contributed by atoms with Crippen LogP contribution in [0.3, 0.4) is 0 Å². The van der Waals surface area contributed by atoms with Gasteiger partial charge in [-0.1, -0.05) is 60.7 Å². The van der Waals surface area contributed by atoms with E-state index in [9.17, 15) is 9.59 Å². The third-order valence-corrected chi connectivity index (χ3v) is 3.51. The minimum Gasteiger partial charge on any atom is -0.462 e. The number of carbonyl (C=O) groups is 2. The lowest BCUT2D eigenvalue weighted by molar-refractivity contribution is -0.144. The molecule has 0 aliphatic heterocycles. The normalized spacial score (nSPS) is 12.2. The Bertz CT molecular complexity index is 748. The van der Waals surface area contributed by atoms with Gasteiger partial charge < -0.3 is 9.47 Å². The molecule has 0 spiro atoms. The quantitative estimate of drug-likeness (QED) is 0.527. The molecule has 26 heavy (non-hydrogen) atoms. The summed E-state index contributed by atoms with van der Waals surface area (Å²) in [4.78, 5) is 23.4. The first-order chi connectivity index (χ1) is 12.6. The SMILES string of the molecule is CC(CCOC(=O)/C=C/c1ccccc1)OC(=O)/C=C/c1ccccc1. The van der Waals surface area contributed by atoms with Crippen LogP contribution >= 0.6 is 0 Å². The number of hydrogen-bond donors (Lipinski definition) is 0. The number of benzene rings is 2. The molecule has 0 fully saturated rings. The lowest BCUT2D eigenvalue weighted by Gasteiger charge is -2.11. The van der Waals surface area contributed by atoms with Gasteiger partial charge in [-0.25, -0.2) is 9.59 Å². The molecule has 0 saturated heterocycles. The van der Waals surface area contributed by atoms with Gasteiger partial charge in [-0.3, -0.25) is 0 Å². The summed E-state index contributed by atoms with van der Waals surface area (Å²) < 4.78 is 10.4. The Kier molecular flexibility index (Phi) is 7.87. The monoisotopic (exact) mass is 350 g/mol. The zero-order valence-corrected chi connectivity index (χ0v) is 14.7. The number of hydrogen-bond acceptors (Lipinski definition) is 4. The average molecular weight is 350 g/mol. The van der Waals surface area contributed by atoms with Crippen molar-refractivity contribution in [3.63, 3.8) is 0 Å². The van der Waals surface area contributed by atoms with E-state index in [1.54, 1.807) is 19.1 Å². The molecule has 0 radical (unpaired) electrons. The van der Waals surface area contributed by atoms with Gasteiger partial charge in [0, 0.05) is 18.6 Å². The zero-order chi connectivity index (χ0) is 18.6. The van der Waals surface area contributed by atoms with Crippen molar-refractivity contribution in [1.82, 2.24) is 0 Å². The van der Waals surface area contributed by atoms with Crippen molar-refractivity contribution in [3.05, 3.63) is 83.9 Å². The van der Waals surface area contributed by atoms with E-state index in [1.165, 1.54) is 12.2 Å². The van der Waals surface area contributed by atoms with E-state index in [1.807, 2.05) is 60.7 Å². The molecule has 2 aromatic rings. The summed E-state index contributed by atoms with van der Waals surface area (Å²) in [6.07, 6.45) is 6.27. The second-order valence-corrected chi connectivity index (χ2v) is 5.69. The first kappa shape index (κ1) is 19.2. The Morgan fingerprint density at radius 2 is 1.35 bits per heavy atom.